The normalized spacial score (nSPS) is 13.0. The predicted molar refractivity (Wildman–Crippen MR) is 248 cm³/mol. The number of carbonyl (C=O) groups is 3. The molecule has 4 N–H and O–H groups in total. The quantitative estimate of drug-likeness (QED) is 0.0320. The zero-order valence-corrected chi connectivity index (χ0v) is 37.9. The van der Waals surface area contributed by atoms with Crippen LogP contribution in [0.25, 0.3) is 0 Å². The average Bonchev–Trinajstić information content (AvgIpc) is 3.21. The number of hydrogen-bond acceptors (Lipinski definition) is 5. The van der Waals surface area contributed by atoms with Crippen molar-refractivity contribution in [2.45, 2.75) is 251 Å². The smallest absolute Gasteiger partial charge is 0.326 e. The van der Waals surface area contributed by atoms with Crippen molar-refractivity contribution in [1.29, 1.82) is 0 Å². The summed E-state index contributed by atoms with van der Waals surface area (Å²) in [7, 11) is 0. The third-order valence-electron chi connectivity index (χ3n) is 10.9. The number of esters is 1. The predicted octanol–water partition coefficient (Wildman–Crippen LogP) is 14.3. The zero-order valence-electron chi connectivity index (χ0n) is 37.9. The van der Waals surface area contributed by atoms with Crippen LogP contribution in [0, 0.1) is 0 Å². The number of hydrogen-bond donors (Lipinski definition) is 3. The largest absolute Gasteiger partial charge is 0.480 e. The standard InChI is InChI=1S/C51H92N2O5/c1-3-5-7-9-11-13-14-15-16-17-18-19-20-21-22-23-24-25-26-27-29-35-39-45-50(55)58-47(41-36-32-28-12-10-8-6-4-2)42-37-33-30-31-34-38-44-49(54)53-48(51(56)57)43-40-46-52/h6,8,12,17-18,28,36,41,47-48H,3-5,7,9-11,13-16,19-27,29-35,37-40,42-46,52H2,1-2H3,(H,53,54)(H,56,57)/b8-6-,18-17-,28-12-,41-36-. The Bertz CT molecular complexity index is 1050. The molecule has 0 aromatic rings. The van der Waals surface area contributed by atoms with Crippen molar-refractivity contribution >= 4 is 17.8 Å². The van der Waals surface area contributed by atoms with Crippen LogP contribution in [0.15, 0.2) is 48.6 Å². The van der Waals surface area contributed by atoms with Gasteiger partial charge in [-0.2, -0.15) is 0 Å². The fourth-order valence-corrected chi connectivity index (χ4v) is 7.20. The minimum atomic E-state index is -1.01. The van der Waals surface area contributed by atoms with Gasteiger partial charge >= 0.3 is 11.9 Å². The third kappa shape index (κ3) is 41.5. The lowest BCUT2D eigenvalue weighted by Gasteiger charge is -2.15. The summed E-state index contributed by atoms with van der Waals surface area (Å²) >= 11 is 0. The monoisotopic (exact) mass is 813 g/mol. The molecular formula is C51H92N2O5. The minimum Gasteiger partial charge on any atom is -0.480 e. The number of unbranched alkanes of at least 4 members (excludes halogenated alkanes) is 24. The van der Waals surface area contributed by atoms with Gasteiger partial charge in [-0.05, 0) is 96.1 Å². The summed E-state index contributed by atoms with van der Waals surface area (Å²) in [5.74, 6) is -1.30. The fraction of sp³-hybridized carbons (Fsp3) is 0.784. The van der Waals surface area contributed by atoms with Crippen LogP contribution in [0.1, 0.15) is 239 Å². The lowest BCUT2D eigenvalue weighted by molar-refractivity contribution is -0.147. The molecule has 336 valence electrons. The van der Waals surface area contributed by atoms with Gasteiger partial charge in [0, 0.05) is 12.8 Å². The first-order chi connectivity index (χ1) is 28.4. The molecule has 0 aliphatic heterocycles. The number of amides is 1. The Morgan fingerprint density at radius 3 is 1.52 bits per heavy atom. The Balaban J connectivity index is 4.10. The Morgan fingerprint density at radius 1 is 0.534 bits per heavy atom. The first-order valence-corrected chi connectivity index (χ1v) is 24.5. The van der Waals surface area contributed by atoms with Crippen LogP contribution in [0.3, 0.4) is 0 Å². The van der Waals surface area contributed by atoms with E-state index < -0.39 is 12.0 Å². The van der Waals surface area contributed by atoms with Gasteiger partial charge in [-0.1, -0.05) is 185 Å². The molecule has 0 saturated heterocycles. The number of aliphatic carboxylic acids is 1. The highest BCUT2D eigenvalue weighted by Crippen LogP contribution is 2.16. The molecular weight excluding hydrogens is 721 g/mol. The molecule has 0 bridgehead atoms. The van der Waals surface area contributed by atoms with Crippen LogP contribution in [0.5, 0.6) is 0 Å². The molecule has 0 fully saturated rings. The molecule has 0 rings (SSSR count). The second-order valence-electron chi connectivity index (χ2n) is 16.5. The summed E-state index contributed by atoms with van der Waals surface area (Å²) in [6.45, 7) is 4.83. The first-order valence-electron chi connectivity index (χ1n) is 24.5. The van der Waals surface area contributed by atoms with Crippen molar-refractivity contribution in [3.05, 3.63) is 48.6 Å². The van der Waals surface area contributed by atoms with E-state index >= 15 is 0 Å². The number of allylic oxidation sites excluding steroid dienone is 7. The molecule has 2 unspecified atom stereocenters. The maximum Gasteiger partial charge on any atom is 0.326 e. The summed E-state index contributed by atoms with van der Waals surface area (Å²) in [6.07, 6.45) is 56.4. The third-order valence-corrected chi connectivity index (χ3v) is 10.9. The van der Waals surface area contributed by atoms with Crippen LogP contribution in [0.2, 0.25) is 0 Å². The molecule has 7 heteroatoms. The second-order valence-corrected chi connectivity index (χ2v) is 16.5. The summed E-state index contributed by atoms with van der Waals surface area (Å²) in [5.41, 5.74) is 5.48. The van der Waals surface area contributed by atoms with Crippen LogP contribution in [-0.2, 0) is 19.1 Å². The average molecular weight is 813 g/mol. The van der Waals surface area contributed by atoms with E-state index in [0.717, 1.165) is 77.0 Å². The van der Waals surface area contributed by atoms with E-state index in [4.69, 9.17) is 10.5 Å². The van der Waals surface area contributed by atoms with Crippen LogP contribution in [0.4, 0.5) is 0 Å². The number of carboxylic acids is 1. The fourth-order valence-electron chi connectivity index (χ4n) is 7.20. The van der Waals surface area contributed by atoms with Crippen molar-refractivity contribution in [2.24, 2.45) is 5.73 Å². The van der Waals surface area contributed by atoms with E-state index in [2.05, 4.69) is 67.8 Å². The van der Waals surface area contributed by atoms with Crippen molar-refractivity contribution in [2.75, 3.05) is 6.54 Å². The highest BCUT2D eigenvalue weighted by molar-refractivity contribution is 5.83. The molecule has 58 heavy (non-hydrogen) atoms. The van der Waals surface area contributed by atoms with Crippen molar-refractivity contribution in [1.82, 2.24) is 5.32 Å². The van der Waals surface area contributed by atoms with Crippen LogP contribution in [-0.4, -0.2) is 41.6 Å². The summed E-state index contributed by atoms with van der Waals surface area (Å²) in [4.78, 5) is 36.3. The van der Waals surface area contributed by atoms with Gasteiger partial charge in [0.2, 0.25) is 5.91 Å². The number of carboxylic acid groups (broad SMARTS) is 1. The minimum absolute atomic E-state index is 0.0830. The van der Waals surface area contributed by atoms with E-state index in [-0.39, 0.29) is 18.0 Å². The Labute approximate surface area is 358 Å². The van der Waals surface area contributed by atoms with Gasteiger partial charge in [-0.15, -0.1) is 0 Å². The highest BCUT2D eigenvalue weighted by Gasteiger charge is 2.18. The molecule has 0 aromatic heterocycles. The molecule has 0 heterocycles. The van der Waals surface area contributed by atoms with Gasteiger partial charge in [0.25, 0.3) is 0 Å². The Morgan fingerprint density at radius 2 is 1.00 bits per heavy atom. The SMILES string of the molecule is CC/C=C\C/C=C\C/C=C\C(CCCCCCCCC(=O)NC(CCCN)C(=O)O)OC(=O)CCCCCCCCCCCCC/C=C\CCCCCCCCCC. The number of nitrogens with two attached hydrogens (primary N) is 1. The Hall–Kier alpha value is -2.67. The topological polar surface area (TPSA) is 119 Å². The van der Waals surface area contributed by atoms with Gasteiger partial charge in [0.05, 0.1) is 0 Å². The molecule has 1 amide bonds. The van der Waals surface area contributed by atoms with E-state index in [1.54, 1.807) is 0 Å². The van der Waals surface area contributed by atoms with Crippen molar-refractivity contribution in [3.63, 3.8) is 0 Å². The van der Waals surface area contributed by atoms with Gasteiger partial charge in [0.15, 0.2) is 0 Å². The highest BCUT2D eigenvalue weighted by atomic mass is 16.5. The second kappa shape index (κ2) is 45.4. The maximum absolute atomic E-state index is 12.8. The maximum atomic E-state index is 12.8. The lowest BCUT2D eigenvalue weighted by Crippen LogP contribution is -2.40. The first kappa shape index (κ1) is 55.3. The number of rotatable bonds is 44. The van der Waals surface area contributed by atoms with Crippen molar-refractivity contribution in [3.8, 4) is 0 Å². The molecule has 0 aromatic carbocycles. The number of nitrogens with one attached hydrogen (secondary N) is 1. The molecule has 2 atom stereocenters. The summed E-state index contributed by atoms with van der Waals surface area (Å²) in [5, 5.41) is 11.9. The molecule has 0 aliphatic rings. The van der Waals surface area contributed by atoms with Crippen LogP contribution >= 0.6 is 0 Å². The van der Waals surface area contributed by atoms with Gasteiger partial charge in [-0.25, -0.2) is 4.79 Å². The lowest BCUT2D eigenvalue weighted by atomic mass is 10.0. The van der Waals surface area contributed by atoms with E-state index in [9.17, 15) is 19.5 Å². The molecule has 0 spiro atoms. The van der Waals surface area contributed by atoms with E-state index in [1.165, 1.54) is 122 Å². The summed E-state index contributed by atoms with van der Waals surface area (Å²) < 4.78 is 5.95. The molecule has 0 radical (unpaired) electrons. The molecule has 0 saturated carbocycles. The molecule has 0 aliphatic carbocycles. The zero-order chi connectivity index (χ0) is 42.4. The van der Waals surface area contributed by atoms with Crippen molar-refractivity contribution < 1.29 is 24.2 Å². The van der Waals surface area contributed by atoms with E-state index in [1.807, 2.05) is 0 Å². The van der Waals surface area contributed by atoms with Gasteiger partial charge < -0.3 is 20.9 Å². The Kier molecular flexibility index (Phi) is 43.3. The van der Waals surface area contributed by atoms with Crippen LogP contribution < -0.4 is 11.1 Å². The van der Waals surface area contributed by atoms with Gasteiger partial charge in [0.1, 0.15) is 12.1 Å². The molecule has 7 nitrogen and oxygen atoms in total. The summed E-state index contributed by atoms with van der Waals surface area (Å²) in [6, 6.07) is -0.858. The number of carbonyl (C=O) groups excluding carboxylic acids is 2. The number of ether oxygens (including phenoxy) is 1. The van der Waals surface area contributed by atoms with E-state index in [0.29, 0.717) is 32.2 Å². The van der Waals surface area contributed by atoms with Gasteiger partial charge in [-0.3, -0.25) is 9.59 Å².